The van der Waals surface area contributed by atoms with Gasteiger partial charge in [0.1, 0.15) is 6.04 Å². The first-order valence-corrected chi connectivity index (χ1v) is 9.54. The highest BCUT2D eigenvalue weighted by Gasteiger charge is 2.42. The van der Waals surface area contributed by atoms with E-state index in [0.29, 0.717) is 18.1 Å². The first-order chi connectivity index (χ1) is 10.4. The van der Waals surface area contributed by atoms with Crippen molar-refractivity contribution in [1.29, 1.82) is 0 Å². The fourth-order valence-electron chi connectivity index (χ4n) is 2.64. The summed E-state index contributed by atoms with van der Waals surface area (Å²) in [6.07, 6.45) is 4.76. The minimum Gasteiger partial charge on any atom is -0.461 e. The number of nitrogens with zero attached hydrogens (tertiary/aromatic N) is 1. The van der Waals surface area contributed by atoms with Crippen LogP contribution in [-0.2, 0) is 14.3 Å². The van der Waals surface area contributed by atoms with Gasteiger partial charge in [0, 0.05) is 12.2 Å². The van der Waals surface area contributed by atoms with Crippen molar-refractivity contribution in [3.63, 3.8) is 0 Å². The fraction of sp³-hybridized carbons (Fsp3) is 0.882. The molecule has 1 aliphatic rings. The third kappa shape index (κ3) is 5.82. The highest BCUT2D eigenvalue weighted by Crippen LogP contribution is 2.34. The third-order valence-corrected chi connectivity index (χ3v) is 5.00. The van der Waals surface area contributed by atoms with Gasteiger partial charge in [0.05, 0.1) is 11.5 Å². The largest absolute Gasteiger partial charge is 0.461 e. The maximum Gasteiger partial charge on any atom is 0.330 e. The molecule has 0 radical (unpaired) electrons. The van der Waals surface area contributed by atoms with Gasteiger partial charge in [-0.15, -0.1) is 11.8 Å². The van der Waals surface area contributed by atoms with Crippen molar-refractivity contribution in [2.45, 2.75) is 84.2 Å². The Kier molecular flexibility index (Phi) is 8.29. The molecule has 1 fully saturated rings. The molecule has 0 aromatic heterocycles. The Morgan fingerprint density at radius 2 is 1.91 bits per heavy atom. The van der Waals surface area contributed by atoms with Crippen LogP contribution in [0.4, 0.5) is 0 Å². The van der Waals surface area contributed by atoms with Gasteiger partial charge in [-0.3, -0.25) is 4.79 Å². The molecule has 0 aliphatic carbocycles. The van der Waals surface area contributed by atoms with E-state index in [1.807, 2.05) is 32.6 Å². The number of carbonyl (C=O) groups excluding carboxylic acids is 2. The first kappa shape index (κ1) is 19.3. The number of thioether (sulfide) groups is 1. The molecular weight excluding hydrogens is 298 g/mol. The highest BCUT2D eigenvalue weighted by molar-refractivity contribution is 8.00. The van der Waals surface area contributed by atoms with Crippen LogP contribution < -0.4 is 0 Å². The summed E-state index contributed by atoms with van der Waals surface area (Å²) in [7, 11) is 0. The van der Waals surface area contributed by atoms with Crippen LogP contribution in [0.3, 0.4) is 0 Å². The third-order valence-electron chi connectivity index (χ3n) is 3.64. The van der Waals surface area contributed by atoms with E-state index < -0.39 is 6.04 Å². The second kappa shape index (κ2) is 9.43. The molecule has 0 aromatic rings. The van der Waals surface area contributed by atoms with E-state index in [9.17, 15) is 9.59 Å². The number of amides is 1. The molecule has 1 saturated heterocycles. The van der Waals surface area contributed by atoms with E-state index in [2.05, 4.69) is 6.92 Å². The van der Waals surface area contributed by atoms with Crippen molar-refractivity contribution in [3.05, 3.63) is 0 Å². The summed E-state index contributed by atoms with van der Waals surface area (Å²) in [5.74, 6) is 0.799. The summed E-state index contributed by atoms with van der Waals surface area (Å²) >= 11 is 1.72. The second-order valence-electron chi connectivity index (χ2n) is 6.68. The maximum atomic E-state index is 12.6. The van der Waals surface area contributed by atoms with E-state index in [-0.39, 0.29) is 23.4 Å². The molecule has 1 heterocycles. The van der Waals surface area contributed by atoms with E-state index in [0.717, 1.165) is 19.3 Å². The molecule has 128 valence electrons. The lowest BCUT2D eigenvalue weighted by molar-refractivity contribution is -0.157. The van der Waals surface area contributed by atoms with Gasteiger partial charge in [0.15, 0.2) is 0 Å². The zero-order valence-corrected chi connectivity index (χ0v) is 15.4. The number of rotatable bonds is 8. The van der Waals surface area contributed by atoms with Gasteiger partial charge in [0.25, 0.3) is 0 Å². The van der Waals surface area contributed by atoms with Crippen LogP contribution in [0.2, 0.25) is 0 Å². The Balaban J connectivity index is 2.78. The van der Waals surface area contributed by atoms with E-state index in [1.165, 1.54) is 6.42 Å². The molecule has 2 atom stereocenters. The summed E-state index contributed by atoms with van der Waals surface area (Å²) in [5, 5.41) is 0.127. The Labute approximate surface area is 139 Å². The lowest BCUT2D eigenvalue weighted by Gasteiger charge is -2.29. The van der Waals surface area contributed by atoms with Crippen molar-refractivity contribution in [2.24, 2.45) is 5.92 Å². The van der Waals surface area contributed by atoms with Gasteiger partial charge in [0.2, 0.25) is 5.91 Å². The number of esters is 1. The van der Waals surface area contributed by atoms with E-state index >= 15 is 0 Å². The summed E-state index contributed by atoms with van der Waals surface area (Å²) < 4.78 is 5.35. The molecule has 1 amide bonds. The summed E-state index contributed by atoms with van der Waals surface area (Å²) in [6.45, 7) is 9.94. The SMILES string of the molecule is CCCCCC1SCC(C(=O)OC(C)C)N1C(=O)CC(C)C. The van der Waals surface area contributed by atoms with Crippen LogP contribution >= 0.6 is 11.8 Å². The maximum absolute atomic E-state index is 12.6. The molecule has 2 unspecified atom stereocenters. The van der Waals surface area contributed by atoms with Crippen LogP contribution in [0.25, 0.3) is 0 Å². The van der Waals surface area contributed by atoms with Crippen molar-refractivity contribution in [2.75, 3.05) is 5.75 Å². The zero-order valence-electron chi connectivity index (χ0n) is 14.6. The molecule has 5 heteroatoms. The standard InChI is InChI=1S/C17H31NO3S/c1-6-7-8-9-16-18(15(19)10-12(2)3)14(11-22-16)17(20)21-13(4)5/h12-14,16H,6-11H2,1-5H3. The minimum absolute atomic E-state index is 0.0900. The van der Waals surface area contributed by atoms with Crippen molar-refractivity contribution >= 4 is 23.6 Å². The predicted molar refractivity (Wildman–Crippen MR) is 91.7 cm³/mol. The zero-order chi connectivity index (χ0) is 16.7. The summed E-state index contributed by atoms with van der Waals surface area (Å²) in [4.78, 5) is 26.7. The van der Waals surface area contributed by atoms with Gasteiger partial charge >= 0.3 is 5.97 Å². The lowest BCUT2D eigenvalue weighted by atomic mass is 10.1. The predicted octanol–water partition coefficient (Wildman–Crippen LogP) is 3.83. The van der Waals surface area contributed by atoms with Crippen molar-refractivity contribution in [1.82, 2.24) is 4.90 Å². The number of hydrogen-bond acceptors (Lipinski definition) is 4. The summed E-state index contributed by atoms with van der Waals surface area (Å²) in [6, 6.07) is -0.412. The smallest absolute Gasteiger partial charge is 0.330 e. The quantitative estimate of drug-likeness (QED) is 0.501. The monoisotopic (exact) mass is 329 g/mol. The number of carbonyl (C=O) groups is 2. The van der Waals surface area contributed by atoms with Crippen LogP contribution in [-0.4, -0.2) is 40.0 Å². The normalized spacial score (nSPS) is 21.7. The molecule has 1 rings (SSSR count). The molecule has 0 bridgehead atoms. The van der Waals surface area contributed by atoms with Gasteiger partial charge in [-0.1, -0.05) is 40.0 Å². The number of hydrogen-bond donors (Lipinski definition) is 0. The molecule has 0 N–H and O–H groups in total. The average molecular weight is 330 g/mol. The minimum atomic E-state index is -0.412. The fourth-order valence-corrected chi connectivity index (χ4v) is 4.10. The van der Waals surface area contributed by atoms with Crippen LogP contribution in [0, 0.1) is 5.92 Å². The molecule has 0 saturated carbocycles. The molecular formula is C17H31NO3S. The van der Waals surface area contributed by atoms with Gasteiger partial charge in [-0.2, -0.15) is 0 Å². The Morgan fingerprint density at radius 3 is 2.45 bits per heavy atom. The van der Waals surface area contributed by atoms with Gasteiger partial charge < -0.3 is 9.64 Å². The van der Waals surface area contributed by atoms with Crippen molar-refractivity contribution < 1.29 is 14.3 Å². The van der Waals surface area contributed by atoms with E-state index in [4.69, 9.17) is 4.74 Å². The Bertz CT molecular complexity index is 371. The summed E-state index contributed by atoms with van der Waals surface area (Å²) in [5.41, 5.74) is 0. The Hall–Kier alpha value is -0.710. The number of unbranched alkanes of at least 4 members (excludes halogenated alkanes) is 2. The van der Waals surface area contributed by atoms with Crippen LogP contribution in [0.15, 0.2) is 0 Å². The molecule has 0 aromatic carbocycles. The van der Waals surface area contributed by atoms with Gasteiger partial charge in [-0.05, 0) is 26.2 Å². The second-order valence-corrected chi connectivity index (χ2v) is 7.90. The van der Waals surface area contributed by atoms with E-state index in [1.54, 1.807) is 11.8 Å². The topological polar surface area (TPSA) is 46.6 Å². The van der Waals surface area contributed by atoms with Crippen LogP contribution in [0.1, 0.15) is 66.7 Å². The molecule has 22 heavy (non-hydrogen) atoms. The first-order valence-electron chi connectivity index (χ1n) is 8.50. The van der Waals surface area contributed by atoms with Gasteiger partial charge in [-0.25, -0.2) is 4.79 Å². The lowest BCUT2D eigenvalue weighted by Crippen LogP contribution is -2.47. The Morgan fingerprint density at radius 1 is 1.23 bits per heavy atom. The highest BCUT2D eigenvalue weighted by atomic mass is 32.2. The molecule has 1 aliphatic heterocycles. The average Bonchev–Trinajstić information content (AvgIpc) is 2.81. The molecule has 0 spiro atoms. The molecule has 4 nitrogen and oxygen atoms in total. The van der Waals surface area contributed by atoms with Crippen molar-refractivity contribution in [3.8, 4) is 0 Å². The number of ether oxygens (including phenoxy) is 1. The van der Waals surface area contributed by atoms with Crippen LogP contribution in [0.5, 0.6) is 0 Å².